The summed E-state index contributed by atoms with van der Waals surface area (Å²) in [6, 6.07) is 14.1. The first-order chi connectivity index (χ1) is 19.5. The number of nitrogens with one attached hydrogen (secondary N) is 2. The van der Waals surface area contributed by atoms with Crippen LogP contribution in [0.25, 0.3) is 16.7 Å². The summed E-state index contributed by atoms with van der Waals surface area (Å²) in [7, 11) is 0. The van der Waals surface area contributed by atoms with E-state index in [2.05, 4.69) is 37.3 Å². The van der Waals surface area contributed by atoms with Crippen LogP contribution < -0.4 is 21.5 Å². The number of para-hydroxylation sites is 1. The highest BCUT2D eigenvalue weighted by molar-refractivity contribution is 5.75. The number of hydrogen-bond donors (Lipinski definition) is 2. The van der Waals surface area contributed by atoms with Crippen LogP contribution in [-0.4, -0.2) is 56.5 Å². The minimum absolute atomic E-state index is 0.112. The number of H-pyrrole nitrogens is 1. The maximum Gasteiger partial charge on any atom is 0.334 e. The summed E-state index contributed by atoms with van der Waals surface area (Å²) in [5.74, 6) is 1.20. The summed E-state index contributed by atoms with van der Waals surface area (Å²) in [5, 5.41) is 3.45. The van der Waals surface area contributed by atoms with Gasteiger partial charge < -0.3 is 15.1 Å². The second kappa shape index (κ2) is 9.62. The van der Waals surface area contributed by atoms with Crippen molar-refractivity contribution in [2.45, 2.75) is 44.4 Å². The molecule has 10 nitrogen and oxygen atoms in total. The van der Waals surface area contributed by atoms with Crippen molar-refractivity contribution in [1.29, 1.82) is 0 Å². The lowest BCUT2D eigenvalue weighted by molar-refractivity contribution is -0.129. The standard InChI is InChI=1S/C30H31N7O3/c1-18(38)35-13-15-36(16-14-35)22-11-9-21(10-12-22)32-29-31-17-25-27(33-29)34-30(40)37(28(25)39)26-23(19-5-6-19)3-2-4-24(26)20-7-8-20/h2-4,9-12,17,19-20H,5-8,13-16H2,1H3,(H2,31,32,33,34,40). The third kappa shape index (κ3) is 4.53. The zero-order chi connectivity index (χ0) is 27.4. The molecule has 1 aliphatic heterocycles. The van der Waals surface area contributed by atoms with Crippen molar-refractivity contribution < 1.29 is 4.79 Å². The Morgan fingerprint density at radius 2 is 1.57 bits per heavy atom. The molecule has 1 amide bonds. The molecule has 0 atom stereocenters. The van der Waals surface area contributed by atoms with Crippen molar-refractivity contribution in [3.63, 3.8) is 0 Å². The summed E-state index contributed by atoms with van der Waals surface area (Å²) in [4.78, 5) is 54.4. The Kier molecular flexibility index (Phi) is 5.91. The molecule has 0 radical (unpaired) electrons. The second-order valence-corrected chi connectivity index (χ2v) is 11.0. The van der Waals surface area contributed by atoms with E-state index in [4.69, 9.17) is 0 Å². The van der Waals surface area contributed by atoms with Gasteiger partial charge in [0.2, 0.25) is 11.9 Å². The minimum Gasteiger partial charge on any atom is -0.368 e. The first-order valence-corrected chi connectivity index (χ1v) is 14.0. The summed E-state index contributed by atoms with van der Waals surface area (Å²) in [6.45, 7) is 4.62. The smallest absolute Gasteiger partial charge is 0.334 e. The van der Waals surface area contributed by atoms with Gasteiger partial charge in [-0.3, -0.25) is 14.6 Å². The third-order valence-electron chi connectivity index (χ3n) is 8.22. The van der Waals surface area contributed by atoms with Gasteiger partial charge in [-0.2, -0.15) is 4.98 Å². The lowest BCUT2D eigenvalue weighted by Crippen LogP contribution is -2.48. The molecule has 3 fully saturated rings. The number of hydrogen-bond acceptors (Lipinski definition) is 7. The van der Waals surface area contributed by atoms with Gasteiger partial charge in [0.15, 0.2) is 5.65 Å². The normalized spacial score (nSPS) is 17.3. The van der Waals surface area contributed by atoms with E-state index in [0.29, 0.717) is 30.9 Å². The Labute approximate surface area is 230 Å². The van der Waals surface area contributed by atoms with E-state index < -0.39 is 11.2 Å². The van der Waals surface area contributed by atoms with Gasteiger partial charge in [-0.15, -0.1) is 0 Å². The van der Waals surface area contributed by atoms with Gasteiger partial charge in [0.25, 0.3) is 5.56 Å². The summed E-state index contributed by atoms with van der Waals surface area (Å²) in [5.41, 5.74) is 4.12. The Balaban J connectivity index is 1.16. The van der Waals surface area contributed by atoms with Crippen LogP contribution in [0.3, 0.4) is 0 Å². The predicted octanol–water partition coefficient (Wildman–Crippen LogP) is 3.64. The first kappa shape index (κ1) is 24.6. The molecular formula is C30H31N7O3. The molecule has 2 saturated carbocycles. The molecule has 4 aromatic rings. The topological polar surface area (TPSA) is 116 Å². The van der Waals surface area contributed by atoms with Crippen molar-refractivity contribution >= 4 is 34.3 Å². The number of carbonyl (C=O) groups excluding carboxylic acids is 1. The first-order valence-electron chi connectivity index (χ1n) is 14.0. The molecule has 204 valence electrons. The van der Waals surface area contributed by atoms with Gasteiger partial charge in [0, 0.05) is 50.7 Å². The number of aromatic nitrogens is 4. The van der Waals surface area contributed by atoms with Crippen molar-refractivity contribution in [2.24, 2.45) is 0 Å². The largest absolute Gasteiger partial charge is 0.368 e. The molecule has 40 heavy (non-hydrogen) atoms. The van der Waals surface area contributed by atoms with E-state index in [9.17, 15) is 14.4 Å². The quantitative estimate of drug-likeness (QED) is 0.386. The average Bonchev–Trinajstić information content (AvgIpc) is 3.87. The lowest BCUT2D eigenvalue weighted by Gasteiger charge is -2.35. The van der Waals surface area contributed by atoms with Crippen LogP contribution in [0, 0.1) is 0 Å². The zero-order valence-electron chi connectivity index (χ0n) is 22.4. The number of rotatable bonds is 6. The number of carbonyl (C=O) groups is 1. The summed E-state index contributed by atoms with van der Waals surface area (Å²) < 4.78 is 1.30. The van der Waals surface area contributed by atoms with Gasteiger partial charge in [-0.05, 0) is 72.9 Å². The Morgan fingerprint density at radius 3 is 2.17 bits per heavy atom. The fraction of sp³-hybridized carbons (Fsp3) is 0.367. The van der Waals surface area contributed by atoms with E-state index in [1.807, 2.05) is 35.2 Å². The van der Waals surface area contributed by atoms with E-state index in [1.54, 1.807) is 6.92 Å². The number of aromatic amines is 1. The van der Waals surface area contributed by atoms with Crippen molar-refractivity contribution in [3.05, 3.63) is 80.6 Å². The van der Waals surface area contributed by atoms with Crippen LogP contribution in [0.2, 0.25) is 0 Å². The predicted molar refractivity (Wildman–Crippen MR) is 154 cm³/mol. The van der Waals surface area contributed by atoms with Gasteiger partial charge >= 0.3 is 5.69 Å². The Morgan fingerprint density at radius 1 is 0.925 bits per heavy atom. The van der Waals surface area contributed by atoms with Crippen molar-refractivity contribution in [3.8, 4) is 5.69 Å². The minimum atomic E-state index is -0.480. The van der Waals surface area contributed by atoms with Crippen LogP contribution in [0.15, 0.2) is 58.3 Å². The highest BCUT2D eigenvalue weighted by atomic mass is 16.2. The number of nitrogens with zero attached hydrogens (tertiary/aromatic N) is 5. The lowest BCUT2D eigenvalue weighted by atomic mass is 10.00. The number of amides is 1. The summed E-state index contributed by atoms with van der Waals surface area (Å²) >= 11 is 0. The maximum absolute atomic E-state index is 13.7. The Bertz CT molecular complexity index is 1700. The molecule has 2 aromatic carbocycles. The van der Waals surface area contributed by atoms with Crippen LogP contribution in [0.1, 0.15) is 55.6 Å². The zero-order valence-corrected chi connectivity index (χ0v) is 22.4. The van der Waals surface area contributed by atoms with Crippen LogP contribution in [0.5, 0.6) is 0 Å². The fourth-order valence-electron chi connectivity index (χ4n) is 5.72. The molecule has 10 heteroatoms. The van der Waals surface area contributed by atoms with E-state index >= 15 is 0 Å². The van der Waals surface area contributed by atoms with Gasteiger partial charge in [-0.1, -0.05) is 18.2 Å². The SMILES string of the molecule is CC(=O)N1CCN(c2ccc(Nc3ncc4c(=O)n(-c5c(C6CC6)cccc5C5CC5)c(=O)[nH]c4n3)cc2)CC1. The highest BCUT2D eigenvalue weighted by Crippen LogP contribution is 2.48. The van der Waals surface area contributed by atoms with E-state index in [1.165, 1.54) is 10.8 Å². The van der Waals surface area contributed by atoms with Crippen LogP contribution in [0.4, 0.5) is 17.3 Å². The number of benzene rings is 2. The molecule has 3 aliphatic rings. The average molecular weight is 538 g/mol. The van der Waals surface area contributed by atoms with Crippen LogP contribution in [-0.2, 0) is 4.79 Å². The monoisotopic (exact) mass is 537 g/mol. The highest BCUT2D eigenvalue weighted by Gasteiger charge is 2.33. The van der Waals surface area contributed by atoms with Gasteiger partial charge in [0.1, 0.15) is 5.39 Å². The fourth-order valence-corrected chi connectivity index (χ4v) is 5.72. The van der Waals surface area contributed by atoms with Crippen molar-refractivity contribution in [2.75, 3.05) is 36.4 Å². The molecule has 2 N–H and O–H groups in total. The number of piperazine rings is 1. The Hall–Kier alpha value is -4.47. The molecule has 0 bridgehead atoms. The molecule has 2 aliphatic carbocycles. The van der Waals surface area contributed by atoms with Crippen molar-refractivity contribution in [1.82, 2.24) is 24.4 Å². The van der Waals surface area contributed by atoms with Gasteiger partial charge in [0.05, 0.1) is 5.69 Å². The molecular weight excluding hydrogens is 506 g/mol. The number of fused-ring (bicyclic) bond motifs is 1. The molecule has 7 rings (SSSR count). The van der Waals surface area contributed by atoms with Crippen LogP contribution >= 0.6 is 0 Å². The second-order valence-electron chi connectivity index (χ2n) is 11.0. The molecule has 0 spiro atoms. The maximum atomic E-state index is 13.7. The third-order valence-corrected chi connectivity index (χ3v) is 8.22. The summed E-state index contributed by atoms with van der Waals surface area (Å²) in [6.07, 6.45) is 5.81. The molecule has 3 heterocycles. The number of anilines is 3. The molecule has 0 unspecified atom stereocenters. The van der Waals surface area contributed by atoms with E-state index in [0.717, 1.165) is 67.0 Å². The van der Waals surface area contributed by atoms with E-state index in [-0.39, 0.29) is 16.9 Å². The van der Waals surface area contributed by atoms with Gasteiger partial charge in [-0.25, -0.2) is 14.3 Å². The molecule has 1 saturated heterocycles. The molecule has 2 aromatic heterocycles.